The van der Waals surface area contributed by atoms with Gasteiger partial charge in [-0.25, -0.2) is 4.98 Å². The number of amides is 1. The van der Waals surface area contributed by atoms with Crippen LogP contribution in [0, 0.1) is 11.8 Å². The summed E-state index contributed by atoms with van der Waals surface area (Å²) in [7, 11) is 2.92. The summed E-state index contributed by atoms with van der Waals surface area (Å²) in [4.78, 5) is 45.1. The quantitative estimate of drug-likeness (QED) is 0.201. The molecule has 0 radical (unpaired) electrons. The van der Waals surface area contributed by atoms with Crippen LogP contribution in [0.25, 0.3) is 5.76 Å². The molecule has 40 heavy (non-hydrogen) atoms. The molecule has 1 fully saturated rings. The van der Waals surface area contributed by atoms with Gasteiger partial charge in [0, 0.05) is 16.9 Å². The molecule has 3 aliphatic rings. The molecule has 6 atom stereocenters. The van der Waals surface area contributed by atoms with Crippen molar-refractivity contribution in [1.82, 2.24) is 9.88 Å². The Kier molecular flexibility index (Phi) is 6.53. The number of nitrogens with zero attached hydrogens (tertiary/aromatic N) is 2. The number of carbonyl (C=O) groups excluding carboxylic acids is 3. The molecule has 3 aliphatic carbocycles. The standard InChI is InChI=1S/C27H30N4O8S/c1-5-10-8-40-26(29-10)30-12-7-6-11-9(2)13-15(20(33)14(11)19(12)32)23(36)27(39)17(21(13)34)18(31(3)4)22(35)16(24(27)37)25(28)38/h6-9,13,17-18,21,32-34,37,39H,5H2,1-4H3,(H2,28,38)(H,29,30)/t9-,13?,17?,18-,21-,27-/m0/s1. The number of Topliss-reactive ketones (excluding diaryl/α,β-unsaturated/α-hetero) is 2. The SMILES string of the molecule is CCc1csc(Nc2ccc3c(c2O)C(O)=C2C(=O)[C@]4(O)C(O)=C(C(N)=O)C(=O)[C@@H](N(C)C)C4[C@@H](O)C2[C@H]3C)n1. The smallest absolute Gasteiger partial charge is 0.255 e. The molecular formula is C27H30N4O8S. The molecule has 1 amide bonds. The molecule has 13 heteroatoms. The number of carbonyl (C=O) groups is 3. The minimum atomic E-state index is -2.95. The zero-order valence-corrected chi connectivity index (χ0v) is 23.0. The number of nitrogens with two attached hydrogens (primary N) is 1. The number of aromatic hydroxyl groups is 1. The van der Waals surface area contributed by atoms with E-state index < -0.39 is 75.6 Å². The maximum Gasteiger partial charge on any atom is 0.255 e. The van der Waals surface area contributed by atoms with Gasteiger partial charge in [-0.2, -0.15) is 0 Å². The number of aliphatic hydroxyl groups is 4. The Bertz CT molecular complexity index is 1530. The van der Waals surface area contributed by atoms with Gasteiger partial charge in [-0.15, -0.1) is 11.3 Å². The molecule has 12 nitrogen and oxygen atoms in total. The lowest BCUT2D eigenvalue weighted by atomic mass is 9.54. The number of phenolic OH excluding ortho intramolecular Hbond substituents is 1. The Labute approximate surface area is 233 Å². The van der Waals surface area contributed by atoms with Crippen LogP contribution in [0.5, 0.6) is 5.75 Å². The van der Waals surface area contributed by atoms with E-state index in [0.29, 0.717) is 17.1 Å². The lowest BCUT2D eigenvalue weighted by Crippen LogP contribution is -2.70. The van der Waals surface area contributed by atoms with Crippen molar-refractivity contribution in [3.8, 4) is 5.75 Å². The number of ketones is 2. The predicted octanol–water partition coefficient (Wildman–Crippen LogP) is 1.26. The minimum Gasteiger partial charge on any atom is -0.508 e. The van der Waals surface area contributed by atoms with Crippen LogP contribution < -0.4 is 11.1 Å². The van der Waals surface area contributed by atoms with Gasteiger partial charge in [0.25, 0.3) is 5.91 Å². The number of benzene rings is 1. The van der Waals surface area contributed by atoms with Crippen LogP contribution in [0.15, 0.2) is 34.4 Å². The molecule has 0 bridgehead atoms. The fourth-order valence-electron chi connectivity index (χ4n) is 6.36. The fourth-order valence-corrected chi connectivity index (χ4v) is 7.17. The van der Waals surface area contributed by atoms with Gasteiger partial charge in [-0.05, 0) is 38.1 Å². The van der Waals surface area contributed by atoms with E-state index in [2.05, 4.69) is 10.3 Å². The lowest BCUT2D eigenvalue weighted by Gasteiger charge is -2.53. The first kappa shape index (κ1) is 27.8. The molecule has 1 saturated carbocycles. The number of phenols is 1. The van der Waals surface area contributed by atoms with Crippen molar-refractivity contribution < 1.29 is 39.9 Å². The third-order valence-corrected chi connectivity index (χ3v) is 9.09. The zero-order valence-electron chi connectivity index (χ0n) is 22.2. The number of aliphatic hydroxyl groups excluding tert-OH is 3. The molecule has 2 unspecified atom stereocenters. The van der Waals surface area contributed by atoms with E-state index in [-0.39, 0.29) is 17.0 Å². The van der Waals surface area contributed by atoms with E-state index in [1.165, 1.54) is 30.3 Å². The highest BCUT2D eigenvalue weighted by molar-refractivity contribution is 7.13. The maximum absolute atomic E-state index is 14.0. The molecule has 212 valence electrons. The fraction of sp³-hybridized carbons (Fsp3) is 0.407. The zero-order chi connectivity index (χ0) is 29.4. The number of primary amides is 1. The normalized spacial score (nSPS) is 29.8. The van der Waals surface area contributed by atoms with Gasteiger partial charge in [-0.1, -0.05) is 19.9 Å². The molecule has 8 N–H and O–H groups in total. The first-order chi connectivity index (χ1) is 18.8. The van der Waals surface area contributed by atoms with Gasteiger partial charge in [0.05, 0.1) is 35.0 Å². The van der Waals surface area contributed by atoms with Crippen molar-refractivity contribution in [3.63, 3.8) is 0 Å². The average Bonchev–Trinajstić information content (AvgIpc) is 3.34. The number of rotatable bonds is 5. The topological polar surface area (TPSA) is 207 Å². The molecular weight excluding hydrogens is 540 g/mol. The number of thiazole rings is 1. The monoisotopic (exact) mass is 570 g/mol. The van der Waals surface area contributed by atoms with E-state index in [1.54, 1.807) is 19.1 Å². The molecule has 0 aliphatic heterocycles. The maximum atomic E-state index is 14.0. The van der Waals surface area contributed by atoms with E-state index in [9.17, 15) is 39.9 Å². The van der Waals surface area contributed by atoms with Gasteiger partial charge in [0.1, 0.15) is 22.8 Å². The van der Waals surface area contributed by atoms with Gasteiger partial charge < -0.3 is 36.6 Å². The summed E-state index contributed by atoms with van der Waals surface area (Å²) >= 11 is 1.32. The second-order valence-electron chi connectivity index (χ2n) is 10.6. The molecule has 0 spiro atoms. The van der Waals surface area contributed by atoms with Gasteiger partial charge in [0.2, 0.25) is 5.78 Å². The average molecular weight is 571 g/mol. The van der Waals surface area contributed by atoms with Crippen LogP contribution in [0.4, 0.5) is 10.8 Å². The van der Waals surface area contributed by atoms with Crippen molar-refractivity contribution in [3.05, 3.63) is 51.2 Å². The van der Waals surface area contributed by atoms with E-state index in [0.717, 1.165) is 5.69 Å². The second-order valence-corrected chi connectivity index (χ2v) is 11.5. The Morgan fingerprint density at radius 3 is 2.48 bits per heavy atom. The predicted molar refractivity (Wildman–Crippen MR) is 145 cm³/mol. The first-order valence-electron chi connectivity index (χ1n) is 12.7. The summed E-state index contributed by atoms with van der Waals surface area (Å²) < 4.78 is 0. The number of anilines is 2. The van der Waals surface area contributed by atoms with Crippen LogP contribution in [0.3, 0.4) is 0 Å². The Morgan fingerprint density at radius 1 is 1.23 bits per heavy atom. The Morgan fingerprint density at radius 2 is 1.90 bits per heavy atom. The minimum absolute atomic E-state index is 0.0896. The van der Waals surface area contributed by atoms with Crippen LogP contribution in [0.1, 0.15) is 36.6 Å². The third kappa shape index (κ3) is 3.61. The van der Waals surface area contributed by atoms with Crippen molar-refractivity contribution >= 4 is 45.4 Å². The molecule has 0 saturated heterocycles. The summed E-state index contributed by atoms with van der Waals surface area (Å²) in [5, 5.41) is 62.4. The molecule has 1 aromatic carbocycles. The number of aryl methyl sites for hydroxylation is 1. The summed E-state index contributed by atoms with van der Waals surface area (Å²) in [6, 6.07) is 1.83. The Hall–Kier alpha value is -3.78. The highest BCUT2D eigenvalue weighted by Gasteiger charge is 2.68. The molecule has 1 heterocycles. The summed E-state index contributed by atoms with van der Waals surface area (Å²) in [6.07, 6.45) is -0.924. The van der Waals surface area contributed by atoms with Crippen molar-refractivity contribution in [1.29, 1.82) is 0 Å². The number of nitrogens with one attached hydrogen (secondary N) is 1. The third-order valence-electron chi connectivity index (χ3n) is 8.29. The van der Waals surface area contributed by atoms with Crippen LogP contribution >= 0.6 is 11.3 Å². The Balaban J connectivity index is 1.71. The molecule has 5 rings (SSSR count). The molecule has 1 aromatic heterocycles. The summed E-state index contributed by atoms with van der Waals surface area (Å²) in [6.45, 7) is 3.63. The van der Waals surface area contributed by atoms with Gasteiger partial charge in [0.15, 0.2) is 16.5 Å². The highest BCUT2D eigenvalue weighted by atomic mass is 32.1. The summed E-state index contributed by atoms with van der Waals surface area (Å²) in [5.41, 5.74) is 2.37. The summed E-state index contributed by atoms with van der Waals surface area (Å²) in [5.74, 6) is -9.26. The van der Waals surface area contributed by atoms with Crippen LogP contribution in [-0.2, 0) is 20.8 Å². The number of aromatic nitrogens is 1. The highest BCUT2D eigenvalue weighted by Crippen LogP contribution is 2.56. The lowest BCUT2D eigenvalue weighted by molar-refractivity contribution is -0.169. The second kappa shape index (κ2) is 9.41. The van der Waals surface area contributed by atoms with E-state index in [4.69, 9.17) is 5.73 Å². The number of hydrogen-bond acceptors (Lipinski definition) is 12. The van der Waals surface area contributed by atoms with Gasteiger partial charge in [-0.3, -0.25) is 19.3 Å². The number of fused-ring (bicyclic) bond motifs is 3. The van der Waals surface area contributed by atoms with E-state index in [1.807, 2.05) is 12.3 Å². The van der Waals surface area contributed by atoms with Crippen LogP contribution in [0.2, 0.25) is 0 Å². The van der Waals surface area contributed by atoms with E-state index >= 15 is 0 Å². The number of likely N-dealkylation sites (N-methyl/N-ethyl adjacent to an activating group) is 1. The van der Waals surface area contributed by atoms with Gasteiger partial charge >= 0.3 is 0 Å². The van der Waals surface area contributed by atoms with Crippen LogP contribution in [-0.4, -0.2) is 84.7 Å². The van der Waals surface area contributed by atoms with Crippen molar-refractivity contribution in [2.75, 3.05) is 19.4 Å². The molecule has 2 aromatic rings. The first-order valence-corrected chi connectivity index (χ1v) is 13.5. The van der Waals surface area contributed by atoms with Crippen molar-refractivity contribution in [2.24, 2.45) is 17.6 Å². The largest absolute Gasteiger partial charge is 0.508 e. The van der Waals surface area contributed by atoms with Crippen molar-refractivity contribution in [2.45, 2.75) is 43.9 Å². The number of hydrogen-bond donors (Lipinski definition) is 7.